The van der Waals surface area contributed by atoms with Gasteiger partial charge >= 0.3 is 5.97 Å². The molecule has 138 valence electrons. The Kier molecular flexibility index (Phi) is 6.92. The Hall–Kier alpha value is -2.66. The number of aryl methyl sites for hydroxylation is 1. The van der Waals surface area contributed by atoms with Crippen molar-refractivity contribution in [1.82, 2.24) is 0 Å². The number of para-hydroxylation sites is 1. The van der Waals surface area contributed by atoms with Crippen molar-refractivity contribution in [3.63, 3.8) is 0 Å². The van der Waals surface area contributed by atoms with Crippen molar-refractivity contribution in [1.29, 1.82) is 0 Å². The number of carbonyl (C=O) groups is 2. The number of carbonyl (C=O) groups excluding carboxylic acids is 2. The molecular weight excluding hydrogens is 330 g/mol. The van der Waals surface area contributed by atoms with Crippen LogP contribution in [0.2, 0.25) is 0 Å². The zero-order chi connectivity index (χ0) is 19.1. The first kappa shape index (κ1) is 19.7. The number of benzene rings is 2. The van der Waals surface area contributed by atoms with Crippen molar-refractivity contribution in [3.8, 4) is 0 Å². The van der Waals surface area contributed by atoms with Crippen LogP contribution in [0.4, 0.5) is 5.69 Å². The summed E-state index contributed by atoms with van der Waals surface area (Å²) in [7, 11) is 1.61. The number of rotatable bonds is 7. The van der Waals surface area contributed by atoms with Gasteiger partial charge in [-0.2, -0.15) is 0 Å². The zero-order valence-corrected chi connectivity index (χ0v) is 15.7. The molecule has 2 aromatic carbocycles. The number of anilines is 1. The minimum atomic E-state index is -0.530. The predicted octanol–water partition coefficient (Wildman–Crippen LogP) is 4.06. The molecule has 0 aliphatic heterocycles. The van der Waals surface area contributed by atoms with Crippen molar-refractivity contribution in [2.24, 2.45) is 0 Å². The first-order chi connectivity index (χ1) is 12.4. The topological polar surface area (TPSA) is 64.6 Å². The van der Waals surface area contributed by atoms with Crippen LogP contribution in [-0.2, 0) is 20.9 Å². The number of hydrogen-bond donors (Lipinski definition) is 1. The molecule has 26 heavy (non-hydrogen) atoms. The molecule has 0 heterocycles. The number of nitrogens with one attached hydrogen (secondary N) is 1. The maximum absolute atomic E-state index is 12.2. The second-order valence-electron chi connectivity index (χ2n) is 6.45. The highest BCUT2D eigenvalue weighted by atomic mass is 16.5. The van der Waals surface area contributed by atoms with Gasteiger partial charge in [0, 0.05) is 12.8 Å². The standard InChI is InChI=1S/C21H25NO4/c1-14(2)18-7-5-6-15(3)20(18)22-19(23)13-26-21(24)17-10-8-16(9-11-17)12-25-4/h5-11,14H,12-13H2,1-4H3,(H,22,23). The Bertz CT molecular complexity index is 766. The molecule has 0 radical (unpaired) electrons. The minimum Gasteiger partial charge on any atom is -0.452 e. The molecule has 0 aliphatic carbocycles. The highest BCUT2D eigenvalue weighted by Gasteiger charge is 2.14. The lowest BCUT2D eigenvalue weighted by molar-refractivity contribution is -0.119. The highest BCUT2D eigenvalue weighted by Crippen LogP contribution is 2.27. The Morgan fingerprint density at radius 1 is 1.08 bits per heavy atom. The van der Waals surface area contributed by atoms with Gasteiger partial charge < -0.3 is 14.8 Å². The Morgan fingerprint density at radius 2 is 1.77 bits per heavy atom. The van der Waals surface area contributed by atoms with Gasteiger partial charge in [-0.3, -0.25) is 4.79 Å². The molecule has 1 amide bonds. The third-order valence-electron chi connectivity index (χ3n) is 4.03. The fraction of sp³-hybridized carbons (Fsp3) is 0.333. The van der Waals surface area contributed by atoms with Crippen LogP contribution < -0.4 is 5.32 Å². The highest BCUT2D eigenvalue weighted by molar-refractivity contribution is 5.96. The van der Waals surface area contributed by atoms with Crippen LogP contribution in [0.15, 0.2) is 42.5 Å². The second kappa shape index (κ2) is 9.15. The summed E-state index contributed by atoms with van der Waals surface area (Å²) in [4.78, 5) is 24.3. The van der Waals surface area contributed by atoms with Gasteiger partial charge in [0.25, 0.3) is 5.91 Å². The van der Waals surface area contributed by atoms with Gasteiger partial charge in [-0.25, -0.2) is 4.79 Å². The summed E-state index contributed by atoms with van der Waals surface area (Å²) in [5, 5.41) is 2.86. The van der Waals surface area contributed by atoms with E-state index < -0.39 is 5.97 Å². The number of esters is 1. The van der Waals surface area contributed by atoms with E-state index in [1.807, 2.05) is 25.1 Å². The van der Waals surface area contributed by atoms with E-state index in [2.05, 4.69) is 19.2 Å². The van der Waals surface area contributed by atoms with Crippen molar-refractivity contribution in [2.45, 2.75) is 33.3 Å². The largest absolute Gasteiger partial charge is 0.452 e. The molecule has 0 saturated carbocycles. The first-order valence-corrected chi connectivity index (χ1v) is 8.56. The Labute approximate surface area is 154 Å². The molecule has 2 aromatic rings. The Morgan fingerprint density at radius 3 is 2.38 bits per heavy atom. The molecule has 0 aromatic heterocycles. The van der Waals surface area contributed by atoms with E-state index >= 15 is 0 Å². The number of ether oxygens (including phenoxy) is 2. The summed E-state index contributed by atoms with van der Waals surface area (Å²) < 4.78 is 10.2. The van der Waals surface area contributed by atoms with E-state index in [4.69, 9.17) is 9.47 Å². The van der Waals surface area contributed by atoms with E-state index in [0.717, 1.165) is 22.4 Å². The monoisotopic (exact) mass is 355 g/mol. The lowest BCUT2D eigenvalue weighted by Gasteiger charge is -2.16. The fourth-order valence-corrected chi connectivity index (χ4v) is 2.64. The number of amides is 1. The molecule has 0 bridgehead atoms. The van der Waals surface area contributed by atoms with Gasteiger partial charge in [0.2, 0.25) is 0 Å². The van der Waals surface area contributed by atoms with E-state index in [1.165, 1.54) is 0 Å². The number of methoxy groups -OCH3 is 1. The lowest BCUT2D eigenvalue weighted by atomic mass is 9.98. The maximum Gasteiger partial charge on any atom is 0.338 e. The summed E-state index contributed by atoms with van der Waals surface area (Å²) in [6, 6.07) is 12.8. The van der Waals surface area contributed by atoms with Crippen molar-refractivity contribution >= 4 is 17.6 Å². The van der Waals surface area contributed by atoms with E-state index in [9.17, 15) is 9.59 Å². The van der Waals surface area contributed by atoms with E-state index in [-0.39, 0.29) is 18.4 Å². The molecule has 0 aliphatic rings. The maximum atomic E-state index is 12.2. The summed E-state index contributed by atoms with van der Waals surface area (Å²) >= 11 is 0. The van der Waals surface area contributed by atoms with Gasteiger partial charge in [-0.05, 0) is 41.7 Å². The molecular formula is C21H25NO4. The van der Waals surface area contributed by atoms with Crippen LogP contribution in [-0.4, -0.2) is 25.6 Å². The SMILES string of the molecule is COCc1ccc(C(=O)OCC(=O)Nc2c(C)cccc2C(C)C)cc1. The molecule has 0 atom stereocenters. The van der Waals surface area contributed by atoms with Crippen LogP contribution in [0.25, 0.3) is 0 Å². The normalized spacial score (nSPS) is 10.7. The molecule has 0 fully saturated rings. The quantitative estimate of drug-likeness (QED) is 0.761. The van der Waals surface area contributed by atoms with Crippen LogP contribution >= 0.6 is 0 Å². The number of hydrogen-bond acceptors (Lipinski definition) is 4. The fourth-order valence-electron chi connectivity index (χ4n) is 2.64. The summed E-state index contributed by atoms with van der Waals surface area (Å²) in [5.41, 5.74) is 4.18. The summed E-state index contributed by atoms with van der Waals surface area (Å²) in [5.74, 6) is -0.609. The molecule has 0 spiro atoms. The van der Waals surface area contributed by atoms with Crippen LogP contribution in [0.5, 0.6) is 0 Å². The van der Waals surface area contributed by atoms with Crippen LogP contribution in [0, 0.1) is 6.92 Å². The molecule has 5 heteroatoms. The minimum absolute atomic E-state index is 0.276. The van der Waals surface area contributed by atoms with Gasteiger partial charge in [0.05, 0.1) is 12.2 Å². The lowest BCUT2D eigenvalue weighted by Crippen LogP contribution is -2.22. The average Bonchev–Trinajstić information content (AvgIpc) is 2.62. The second-order valence-corrected chi connectivity index (χ2v) is 6.45. The van der Waals surface area contributed by atoms with E-state index in [0.29, 0.717) is 12.2 Å². The first-order valence-electron chi connectivity index (χ1n) is 8.56. The third kappa shape index (κ3) is 5.17. The van der Waals surface area contributed by atoms with Crippen LogP contribution in [0.1, 0.15) is 46.8 Å². The molecule has 1 N–H and O–H groups in total. The molecule has 0 saturated heterocycles. The van der Waals surface area contributed by atoms with E-state index in [1.54, 1.807) is 31.4 Å². The van der Waals surface area contributed by atoms with Gasteiger partial charge in [-0.1, -0.05) is 44.2 Å². The summed E-state index contributed by atoms with van der Waals surface area (Å²) in [6.45, 7) is 6.22. The average molecular weight is 355 g/mol. The smallest absolute Gasteiger partial charge is 0.338 e. The van der Waals surface area contributed by atoms with Gasteiger partial charge in [0.1, 0.15) is 0 Å². The predicted molar refractivity (Wildman–Crippen MR) is 101 cm³/mol. The van der Waals surface area contributed by atoms with Gasteiger partial charge in [0.15, 0.2) is 6.61 Å². The van der Waals surface area contributed by atoms with Gasteiger partial charge in [-0.15, -0.1) is 0 Å². The Balaban J connectivity index is 1.96. The summed E-state index contributed by atoms with van der Waals surface area (Å²) in [6.07, 6.45) is 0. The van der Waals surface area contributed by atoms with Crippen molar-refractivity contribution in [3.05, 3.63) is 64.7 Å². The molecule has 2 rings (SSSR count). The van der Waals surface area contributed by atoms with Crippen molar-refractivity contribution < 1.29 is 19.1 Å². The third-order valence-corrected chi connectivity index (χ3v) is 4.03. The zero-order valence-electron chi connectivity index (χ0n) is 15.7. The molecule has 5 nitrogen and oxygen atoms in total. The van der Waals surface area contributed by atoms with Crippen molar-refractivity contribution in [2.75, 3.05) is 19.0 Å². The molecule has 0 unspecified atom stereocenters. The van der Waals surface area contributed by atoms with Crippen LogP contribution in [0.3, 0.4) is 0 Å².